The number of benzene rings is 2. The minimum absolute atomic E-state index is 0.827. The first-order valence-electron chi connectivity index (χ1n) is 6.81. The molecule has 1 saturated carbocycles. The van der Waals surface area contributed by atoms with Crippen LogP contribution in [0.3, 0.4) is 0 Å². The topological polar surface area (TPSA) is 12.0 Å². The van der Waals surface area contributed by atoms with Crippen molar-refractivity contribution in [3.8, 4) is 0 Å². The molecule has 1 N–H and O–H groups in total. The van der Waals surface area contributed by atoms with Gasteiger partial charge in [-0.1, -0.05) is 46.3 Å². The highest BCUT2D eigenvalue weighted by Gasteiger charge is 2.23. The third-order valence-electron chi connectivity index (χ3n) is 3.67. The van der Waals surface area contributed by atoms with E-state index in [-0.39, 0.29) is 0 Å². The van der Waals surface area contributed by atoms with Crippen molar-refractivity contribution in [2.75, 3.05) is 5.32 Å². The minimum atomic E-state index is 0.827. The Labute approximate surface area is 123 Å². The molecule has 0 amide bonds. The van der Waals surface area contributed by atoms with Gasteiger partial charge >= 0.3 is 0 Å². The lowest BCUT2D eigenvalue weighted by molar-refractivity contribution is 1.08. The molecule has 0 bridgehead atoms. The maximum absolute atomic E-state index is 3.57. The van der Waals surface area contributed by atoms with E-state index < -0.39 is 0 Å². The fraction of sp³-hybridized carbons (Fsp3) is 0.294. The van der Waals surface area contributed by atoms with Crippen LogP contribution < -0.4 is 5.32 Å². The van der Waals surface area contributed by atoms with E-state index in [1.54, 1.807) is 0 Å². The fourth-order valence-electron chi connectivity index (χ4n) is 2.28. The van der Waals surface area contributed by atoms with E-state index in [1.807, 2.05) is 0 Å². The van der Waals surface area contributed by atoms with Crippen molar-refractivity contribution >= 4 is 21.6 Å². The van der Waals surface area contributed by atoms with Gasteiger partial charge in [0, 0.05) is 16.7 Å². The van der Waals surface area contributed by atoms with Gasteiger partial charge in [-0.15, -0.1) is 0 Å². The molecule has 0 spiro atoms. The molecule has 3 rings (SSSR count). The van der Waals surface area contributed by atoms with Gasteiger partial charge in [-0.25, -0.2) is 0 Å². The molecule has 1 aliphatic rings. The molecule has 2 aromatic rings. The first-order valence-corrected chi connectivity index (χ1v) is 7.60. The Morgan fingerprint density at radius 1 is 1.16 bits per heavy atom. The first-order chi connectivity index (χ1) is 9.22. The lowest BCUT2D eigenvalue weighted by Gasteiger charge is -2.09. The number of aryl methyl sites for hydroxylation is 1. The van der Waals surface area contributed by atoms with E-state index in [2.05, 4.69) is 70.6 Å². The van der Waals surface area contributed by atoms with Gasteiger partial charge < -0.3 is 5.32 Å². The summed E-state index contributed by atoms with van der Waals surface area (Å²) in [5, 5.41) is 3.49. The second-order valence-electron chi connectivity index (χ2n) is 5.34. The molecule has 0 atom stereocenters. The summed E-state index contributed by atoms with van der Waals surface area (Å²) in [5.41, 5.74) is 5.29. The summed E-state index contributed by atoms with van der Waals surface area (Å²) in [4.78, 5) is 0. The molecule has 19 heavy (non-hydrogen) atoms. The predicted octanol–water partition coefficient (Wildman–Crippen LogP) is 5.25. The van der Waals surface area contributed by atoms with Crippen molar-refractivity contribution in [1.29, 1.82) is 0 Å². The van der Waals surface area contributed by atoms with Gasteiger partial charge in [0.1, 0.15) is 0 Å². The van der Waals surface area contributed by atoms with Crippen molar-refractivity contribution in [1.82, 2.24) is 0 Å². The average molecular weight is 316 g/mol. The van der Waals surface area contributed by atoms with Crippen molar-refractivity contribution in [2.45, 2.75) is 32.2 Å². The number of hydrogen-bond acceptors (Lipinski definition) is 1. The molecule has 0 aliphatic heterocycles. The standard InChI is InChI=1S/C17H18BrN/c1-12-5-8-16(10-17(12)18)19-11-13-3-2-4-15(9-13)14-6-7-14/h2-5,8-10,14,19H,6-7,11H2,1H3. The SMILES string of the molecule is Cc1ccc(NCc2cccc(C3CC3)c2)cc1Br. The highest BCUT2D eigenvalue weighted by molar-refractivity contribution is 9.10. The molecule has 0 aromatic heterocycles. The number of nitrogens with one attached hydrogen (secondary N) is 1. The van der Waals surface area contributed by atoms with Crippen molar-refractivity contribution in [3.05, 3.63) is 63.6 Å². The molecular weight excluding hydrogens is 298 g/mol. The van der Waals surface area contributed by atoms with Gasteiger partial charge in [0.25, 0.3) is 0 Å². The third-order valence-corrected chi connectivity index (χ3v) is 4.52. The second kappa shape index (κ2) is 5.38. The van der Waals surface area contributed by atoms with Crippen LogP contribution in [0.2, 0.25) is 0 Å². The maximum atomic E-state index is 3.57. The van der Waals surface area contributed by atoms with E-state index >= 15 is 0 Å². The Bertz CT molecular complexity index is 588. The Balaban J connectivity index is 1.68. The van der Waals surface area contributed by atoms with Crippen LogP contribution >= 0.6 is 15.9 Å². The molecule has 0 heterocycles. The number of hydrogen-bond donors (Lipinski definition) is 1. The molecule has 0 radical (unpaired) electrons. The predicted molar refractivity (Wildman–Crippen MR) is 84.6 cm³/mol. The van der Waals surface area contributed by atoms with Crippen LogP contribution in [0.4, 0.5) is 5.69 Å². The smallest absolute Gasteiger partial charge is 0.0400 e. The van der Waals surface area contributed by atoms with Crippen LogP contribution in [0.25, 0.3) is 0 Å². The maximum Gasteiger partial charge on any atom is 0.0400 e. The molecule has 2 aromatic carbocycles. The summed E-state index contributed by atoms with van der Waals surface area (Å²) >= 11 is 3.57. The van der Waals surface area contributed by atoms with Gasteiger partial charge in [0.2, 0.25) is 0 Å². The Morgan fingerprint density at radius 2 is 2.00 bits per heavy atom. The van der Waals surface area contributed by atoms with E-state index in [4.69, 9.17) is 0 Å². The van der Waals surface area contributed by atoms with Crippen molar-refractivity contribution in [2.24, 2.45) is 0 Å². The van der Waals surface area contributed by atoms with E-state index in [9.17, 15) is 0 Å². The number of halogens is 1. The van der Waals surface area contributed by atoms with Gasteiger partial charge in [0.15, 0.2) is 0 Å². The van der Waals surface area contributed by atoms with Crippen LogP contribution in [0.1, 0.15) is 35.4 Å². The Morgan fingerprint density at radius 3 is 2.74 bits per heavy atom. The van der Waals surface area contributed by atoms with Gasteiger partial charge in [-0.3, -0.25) is 0 Å². The zero-order valence-corrected chi connectivity index (χ0v) is 12.7. The number of anilines is 1. The largest absolute Gasteiger partial charge is 0.381 e. The monoisotopic (exact) mass is 315 g/mol. The lowest BCUT2D eigenvalue weighted by Crippen LogP contribution is -2.00. The highest BCUT2D eigenvalue weighted by Crippen LogP contribution is 2.40. The molecule has 0 saturated heterocycles. The summed E-state index contributed by atoms with van der Waals surface area (Å²) in [5.74, 6) is 0.827. The molecule has 1 aliphatic carbocycles. The van der Waals surface area contributed by atoms with E-state index in [0.717, 1.165) is 22.6 Å². The van der Waals surface area contributed by atoms with E-state index in [0.29, 0.717) is 0 Å². The summed E-state index contributed by atoms with van der Waals surface area (Å²) in [6.45, 7) is 2.99. The summed E-state index contributed by atoms with van der Waals surface area (Å²) in [6, 6.07) is 15.4. The molecule has 2 heteroatoms. The normalized spacial score (nSPS) is 14.4. The Kier molecular flexibility index (Phi) is 3.61. The highest BCUT2D eigenvalue weighted by atomic mass is 79.9. The minimum Gasteiger partial charge on any atom is -0.381 e. The van der Waals surface area contributed by atoms with Crippen LogP contribution in [0.5, 0.6) is 0 Å². The lowest BCUT2D eigenvalue weighted by atomic mass is 10.1. The second-order valence-corrected chi connectivity index (χ2v) is 6.19. The molecular formula is C17H18BrN. The first kappa shape index (κ1) is 12.7. The quantitative estimate of drug-likeness (QED) is 0.812. The van der Waals surface area contributed by atoms with Crippen LogP contribution in [0, 0.1) is 6.92 Å². The summed E-state index contributed by atoms with van der Waals surface area (Å²) < 4.78 is 1.16. The van der Waals surface area contributed by atoms with Gasteiger partial charge in [-0.2, -0.15) is 0 Å². The molecule has 1 nitrogen and oxygen atoms in total. The fourth-order valence-corrected chi connectivity index (χ4v) is 2.66. The van der Waals surface area contributed by atoms with Gasteiger partial charge in [-0.05, 0) is 54.5 Å². The molecule has 0 unspecified atom stereocenters. The van der Waals surface area contributed by atoms with Crippen molar-refractivity contribution < 1.29 is 0 Å². The van der Waals surface area contributed by atoms with Gasteiger partial charge in [0.05, 0.1) is 0 Å². The zero-order chi connectivity index (χ0) is 13.2. The molecule has 98 valence electrons. The summed E-state index contributed by atoms with van der Waals surface area (Å²) in [6.07, 6.45) is 2.73. The van der Waals surface area contributed by atoms with Crippen molar-refractivity contribution in [3.63, 3.8) is 0 Å². The van der Waals surface area contributed by atoms with Crippen LogP contribution in [-0.2, 0) is 6.54 Å². The third kappa shape index (κ3) is 3.19. The molecule has 1 fully saturated rings. The van der Waals surface area contributed by atoms with E-state index in [1.165, 1.54) is 29.5 Å². The van der Waals surface area contributed by atoms with Crippen LogP contribution in [0.15, 0.2) is 46.9 Å². The summed E-state index contributed by atoms with van der Waals surface area (Å²) in [7, 11) is 0. The van der Waals surface area contributed by atoms with Crippen LogP contribution in [-0.4, -0.2) is 0 Å². The number of rotatable bonds is 4. The average Bonchev–Trinajstić information content (AvgIpc) is 3.25. The Hall–Kier alpha value is -1.28. The zero-order valence-electron chi connectivity index (χ0n) is 11.1.